The third-order valence-electron chi connectivity index (χ3n) is 7.12. The molecule has 10 nitrogen and oxygen atoms in total. The third-order valence-corrected chi connectivity index (χ3v) is 7.12. The number of hydrogen-bond donors (Lipinski definition) is 1. The van der Waals surface area contributed by atoms with E-state index in [1.54, 1.807) is 50.9 Å². The molecule has 5 rings (SSSR count). The van der Waals surface area contributed by atoms with Crippen LogP contribution >= 0.6 is 0 Å². The predicted octanol–water partition coefficient (Wildman–Crippen LogP) is 5.16. The number of ether oxygens (including phenoxy) is 3. The first kappa shape index (κ1) is 28.6. The molecular weight excluding hydrogens is 536 g/mol. The topological polar surface area (TPSA) is 107 Å². The van der Waals surface area contributed by atoms with Crippen LogP contribution in [0.25, 0.3) is 5.65 Å². The first-order valence-electron chi connectivity index (χ1n) is 13.9. The molecule has 1 N–H and O–H groups in total. The van der Waals surface area contributed by atoms with Crippen molar-refractivity contribution in [2.75, 3.05) is 18.1 Å². The Balaban J connectivity index is 1.37. The zero-order chi connectivity index (χ0) is 29.3. The second kappa shape index (κ2) is 11.5. The van der Waals surface area contributed by atoms with Gasteiger partial charge in [-0.25, -0.2) is 27.9 Å². The zero-order valence-electron chi connectivity index (χ0n) is 23.6. The summed E-state index contributed by atoms with van der Waals surface area (Å²) in [6, 6.07) is 5.27. The third kappa shape index (κ3) is 6.52. The van der Waals surface area contributed by atoms with E-state index in [0.717, 1.165) is 0 Å². The molecule has 3 heterocycles. The van der Waals surface area contributed by atoms with Crippen molar-refractivity contribution in [2.24, 2.45) is 0 Å². The van der Waals surface area contributed by atoms with Crippen molar-refractivity contribution < 1.29 is 32.6 Å². The number of aromatic nitrogens is 3. The molecule has 1 saturated heterocycles. The number of anilines is 1. The highest BCUT2D eigenvalue weighted by Crippen LogP contribution is 2.42. The van der Waals surface area contributed by atoms with Crippen LogP contribution in [0.1, 0.15) is 75.3 Å². The number of nitrogens with one attached hydrogen (secondary N) is 1. The number of alkyl carbamates (subject to hydrolysis) is 1. The van der Waals surface area contributed by atoms with Gasteiger partial charge in [0.15, 0.2) is 5.65 Å². The van der Waals surface area contributed by atoms with Gasteiger partial charge in [0.2, 0.25) is 0 Å². The number of benzene rings is 1. The highest BCUT2D eigenvalue weighted by Gasteiger charge is 2.37. The molecule has 220 valence electrons. The Hall–Kier alpha value is -3.96. The smallest absolute Gasteiger partial charge is 0.407 e. The normalized spacial score (nSPS) is 22.6. The Morgan fingerprint density at radius 2 is 1.98 bits per heavy atom. The van der Waals surface area contributed by atoms with Crippen LogP contribution in [-0.4, -0.2) is 63.7 Å². The van der Waals surface area contributed by atoms with Gasteiger partial charge in [-0.2, -0.15) is 5.10 Å². The van der Waals surface area contributed by atoms with Crippen LogP contribution in [0.3, 0.4) is 0 Å². The Kier molecular flexibility index (Phi) is 8.01. The number of halogens is 2. The van der Waals surface area contributed by atoms with E-state index in [4.69, 9.17) is 14.2 Å². The van der Waals surface area contributed by atoms with E-state index in [1.807, 2.05) is 0 Å². The summed E-state index contributed by atoms with van der Waals surface area (Å²) in [5.74, 6) is -0.137. The number of nitrogens with zero attached hydrogens (tertiary/aromatic N) is 4. The number of rotatable bonds is 7. The molecule has 1 saturated carbocycles. The number of fused-ring (bicyclic) bond motifs is 1. The van der Waals surface area contributed by atoms with Gasteiger partial charge in [-0.1, -0.05) is 0 Å². The Bertz CT molecular complexity index is 1420. The van der Waals surface area contributed by atoms with Crippen molar-refractivity contribution in [1.29, 1.82) is 0 Å². The highest BCUT2D eigenvalue weighted by molar-refractivity contribution is 5.95. The first-order chi connectivity index (χ1) is 19.5. The summed E-state index contributed by atoms with van der Waals surface area (Å²) in [6.07, 6.45) is 3.22. The minimum Gasteiger partial charge on any atom is -0.490 e. The van der Waals surface area contributed by atoms with Crippen LogP contribution in [0.5, 0.6) is 5.75 Å². The SMILES string of the molecule is CCOC(=O)c1cnn2ccc(N3C[C@@H](F)C[C@@H]3c3cc(F)ccc3O[C@H]3CC[C@@H](NC(=O)OC(C)(C)C)C3)nc12. The Morgan fingerprint density at radius 3 is 2.73 bits per heavy atom. The Labute approximate surface area is 237 Å². The van der Waals surface area contributed by atoms with E-state index in [1.165, 1.54) is 22.8 Å². The van der Waals surface area contributed by atoms with Gasteiger partial charge in [0.05, 0.1) is 25.4 Å². The molecule has 2 aliphatic rings. The van der Waals surface area contributed by atoms with Crippen LogP contribution in [0.4, 0.5) is 19.4 Å². The fourth-order valence-corrected chi connectivity index (χ4v) is 5.42. The monoisotopic (exact) mass is 571 g/mol. The summed E-state index contributed by atoms with van der Waals surface area (Å²) in [5.41, 5.74) is 0.398. The lowest BCUT2D eigenvalue weighted by molar-refractivity contribution is 0.0498. The molecule has 1 aliphatic carbocycles. The molecule has 12 heteroatoms. The van der Waals surface area contributed by atoms with E-state index >= 15 is 0 Å². The van der Waals surface area contributed by atoms with E-state index < -0.39 is 35.7 Å². The summed E-state index contributed by atoms with van der Waals surface area (Å²) < 4.78 is 47.8. The van der Waals surface area contributed by atoms with Crippen molar-refractivity contribution in [3.8, 4) is 5.75 Å². The lowest BCUT2D eigenvalue weighted by Crippen LogP contribution is -2.38. The maximum absolute atomic E-state index is 14.9. The van der Waals surface area contributed by atoms with Crippen molar-refractivity contribution in [2.45, 2.75) is 83.3 Å². The zero-order valence-corrected chi connectivity index (χ0v) is 23.6. The lowest BCUT2D eigenvalue weighted by atomic mass is 10.0. The standard InChI is InChI=1S/C29H35F2N5O5/c1-5-39-27(37)22-15-32-36-11-10-25(34-26(22)36)35-16-18(31)13-23(35)21-12-17(30)6-9-24(21)40-20-8-7-19(14-20)33-28(38)41-29(2,3)4/h6,9-12,15,18-20,23H,5,7-8,13-14,16H2,1-4H3,(H,33,38)/t18-,19+,20-,23+/m0/s1. The molecule has 1 aliphatic heterocycles. The Morgan fingerprint density at radius 1 is 1.17 bits per heavy atom. The summed E-state index contributed by atoms with van der Waals surface area (Å²) in [7, 11) is 0. The van der Waals surface area contributed by atoms with Crippen LogP contribution in [-0.2, 0) is 9.47 Å². The number of carbonyl (C=O) groups excluding carboxylic acids is 2. The van der Waals surface area contributed by atoms with E-state index in [0.29, 0.717) is 36.4 Å². The fraction of sp³-hybridized carbons (Fsp3) is 0.517. The molecule has 3 aromatic rings. The largest absolute Gasteiger partial charge is 0.490 e. The number of amides is 1. The molecular formula is C29H35F2N5O5. The summed E-state index contributed by atoms with van der Waals surface area (Å²) >= 11 is 0. The molecule has 1 amide bonds. The van der Waals surface area contributed by atoms with E-state index in [-0.39, 0.29) is 42.9 Å². The average Bonchev–Trinajstić information content (AvgIpc) is 3.62. The van der Waals surface area contributed by atoms with E-state index in [2.05, 4.69) is 15.4 Å². The minimum absolute atomic E-state index is 0.0397. The second-order valence-corrected chi connectivity index (χ2v) is 11.4. The molecule has 4 atom stereocenters. The van der Waals surface area contributed by atoms with Gasteiger partial charge in [-0.05, 0) is 64.8 Å². The van der Waals surface area contributed by atoms with Crippen molar-refractivity contribution >= 4 is 23.5 Å². The van der Waals surface area contributed by atoms with Crippen LogP contribution in [0.2, 0.25) is 0 Å². The van der Waals surface area contributed by atoms with Gasteiger partial charge in [-0.15, -0.1) is 0 Å². The van der Waals surface area contributed by atoms with Gasteiger partial charge in [-0.3, -0.25) is 0 Å². The van der Waals surface area contributed by atoms with Crippen molar-refractivity contribution in [3.63, 3.8) is 0 Å². The number of esters is 1. The van der Waals surface area contributed by atoms with Crippen LogP contribution in [0, 0.1) is 5.82 Å². The van der Waals surface area contributed by atoms with Crippen LogP contribution in [0.15, 0.2) is 36.7 Å². The fourth-order valence-electron chi connectivity index (χ4n) is 5.42. The van der Waals surface area contributed by atoms with Gasteiger partial charge >= 0.3 is 12.1 Å². The molecule has 0 unspecified atom stereocenters. The predicted molar refractivity (Wildman–Crippen MR) is 146 cm³/mol. The maximum Gasteiger partial charge on any atom is 0.407 e. The molecule has 41 heavy (non-hydrogen) atoms. The number of carbonyl (C=O) groups is 2. The average molecular weight is 572 g/mol. The highest BCUT2D eigenvalue weighted by atomic mass is 19.1. The number of hydrogen-bond acceptors (Lipinski definition) is 8. The molecule has 2 fully saturated rings. The van der Waals surface area contributed by atoms with Gasteiger partial charge in [0.1, 0.15) is 40.8 Å². The van der Waals surface area contributed by atoms with E-state index in [9.17, 15) is 18.4 Å². The molecule has 0 bridgehead atoms. The summed E-state index contributed by atoms with van der Waals surface area (Å²) in [6.45, 7) is 7.37. The molecule has 1 aromatic carbocycles. The van der Waals surface area contributed by atoms with Crippen molar-refractivity contribution in [3.05, 3.63) is 53.6 Å². The molecule has 0 spiro atoms. The second-order valence-electron chi connectivity index (χ2n) is 11.4. The summed E-state index contributed by atoms with van der Waals surface area (Å²) in [5, 5.41) is 7.05. The van der Waals surface area contributed by atoms with Gasteiger partial charge in [0, 0.05) is 30.6 Å². The van der Waals surface area contributed by atoms with Crippen LogP contribution < -0.4 is 15.0 Å². The minimum atomic E-state index is -1.18. The van der Waals surface area contributed by atoms with Crippen molar-refractivity contribution in [1.82, 2.24) is 19.9 Å². The molecule has 0 radical (unpaired) electrons. The number of alkyl halides is 1. The van der Waals surface area contributed by atoms with Gasteiger partial charge < -0.3 is 24.4 Å². The summed E-state index contributed by atoms with van der Waals surface area (Å²) in [4.78, 5) is 31.0. The molecule has 2 aromatic heterocycles. The maximum atomic E-state index is 14.9. The quantitative estimate of drug-likeness (QED) is 0.388. The van der Waals surface area contributed by atoms with Gasteiger partial charge in [0.25, 0.3) is 0 Å². The lowest BCUT2D eigenvalue weighted by Gasteiger charge is -2.28. The first-order valence-corrected chi connectivity index (χ1v) is 13.9.